The molecule has 0 saturated carbocycles. The summed E-state index contributed by atoms with van der Waals surface area (Å²) in [4.78, 5) is 10.5. The van der Waals surface area contributed by atoms with Crippen molar-refractivity contribution in [3.63, 3.8) is 0 Å². The quantitative estimate of drug-likeness (QED) is 0.752. The highest BCUT2D eigenvalue weighted by atomic mass is 16.5. The summed E-state index contributed by atoms with van der Waals surface area (Å²) >= 11 is 0. The summed E-state index contributed by atoms with van der Waals surface area (Å²) in [6.45, 7) is 2.65. The number of carbonyl (C=O) groups is 1. The van der Waals surface area contributed by atoms with Crippen LogP contribution in [0.5, 0.6) is 5.75 Å². The average Bonchev–Trinajstić information content (AvgIpc) is 2.72. The summed E-state index contributed by atoms with van der Waals surface area (Å²) in [7, 11) is 0. The molecule has 110 valence electrons. The SMILES string of the molecule is CCOc1cccc2c1CC(N)C2CCCCC(=O)O. The number of hydrogen-bond donors (Lipinski definition) is 2. The molecule has 20 heavy (non-hydrogen) atoms. The normalized spacial score (nSPS) is 20.7. The highest BCUT2D eigenvalue weighted by Gasteiger charge is 2.31. The van der Waals surface area contributed by atoms with Crippen LogP contribution in [-0.4, -0.2) is 23.7 Å². The topological polar surface area (TPSA) is 72.5 Å². The first kappa shape index (κ1) is 14.9. The van der Waals surface area contributed by atoms with E-state index in [4.69, 9.17) is 15.6 Å². The van der Waals surface area contributed by atoms with Gasteiger partial charge in [-0.2, -0.15) is 0 Å². The van der Waals surface area contributed by atoms with Crippen LogP contribution in [0.2, 0.25) is 0 Å². The van der Waals surface area contributed by atoms with Gasteiger partial charge < -0.3 is 15.6 Å². The fourth-order valence-electron chi connectivity index (χ4n) is 3.06. The lowest BCUT2D eigenvalue weighted by Crippen LogP contribution is -2.24. The molecule has 2 atom stereocenters. The number of unbranched alkanes of at least 4 members (excludes halogenated alkanes) is 1. The van der Waals surface area contributed by atoms with Crippen LogP contribution in [0, 0.1) is 0 Å². The number of hydrogen-bond acceptors (Lipinski definition) is 3. The van der Waals surface area contributed by atoms with Gasteiger partial charge in [-0.05, 0) is 49.3 Å². The van der Waals surface area contributed by atoms with Crippen LogP contribution in [0.1, 0.15) is 49.7 Å². The molecule has 1 aromatic rings. The molecular weight excluding hydrogens is 254 g/mol. The Hall–Kier alpha value is -1.55. The van der Waals surface area contributed by atoms with Gasteiger partial charge in [0.15, 0.2) is 0 Å². The number of benzene rings is 1. The summed E-state index contributed by atoms with van der Waals surface area (Å²) in [5, 5.41) is 8.67. The second-order valence-electron chi connectivity index (χ2n) is 5.37. The summed E-state index contributed by atoms with van der Waals surface area (Å²) in [5.74, 6) is 0.562. The maximum absolute atomic E-state index is 10.5. The second-order valence-corrected chi connectivity index (χ2v) is 5.37. The van der Waals surface area contributed by atoms with E-state index in [0.29, 0.717) is 12.5 Å². The molecule has 0 aliphatic heterocycles. The van der Waals surface area contributed by atoms with Crippen molar-refractivity contribution in [3.8, 4) is 5.75 Å². The molecule has 0 saturated heterocycles. The molecule has 0 bridgehead atoms. The Balaban J connectivity index is 2.02. The molecule has 0 radical (unpaired) electrons. The zero-order valence-electron chi connectivity index (χ0n) is 12.0. The fourth-order valence-corrected chi connectivity index (χ4v) is 3.06. The van der Waals surface area contributed by atoms with Crippen molar-refractivity contribution >= 4 is 5.97 Å². The van der Waals surface area contributed by atoms with Gasteiger partial charge in [-0.1, -0.05) is 18.6 Å². The average molecular weight is 277 g/mol. The number of aliphatic carboxylic acids is 1. The zero-order valence-corrected chi connectivity index (χ0v) is 12.0. The number of ether oxygens (including phenoxy) is 1. The molecule has 0 heterocycles. The Morgan fingerprint density at radius 1 is 1.45 bits per heavy atom. The molecule has 4 heteroatoms. The van der Waals surface area contributed by atoms with Gasteiger partial charge in [-0.25, -0.2) is 0 Å². The molecule has 2 unspecified atom stereocenters. The third-order valence-corrected chi connectivity index (χ3v) is 3.98. The molecule has 2 rings (SSSR count). The van der Waals surface area contributed by atoms with Gasteiger partial charge in [0.2, 0.25) is 0 Å². The predicted molar refractivity (Wildman–Crippen MR) is 78.1 cm³/mol. The monoisotopic (exact) mass is 277 g/mol. The summed E-state index contributed by atoms with van der Waals surface area (Å²) in [5.41, 5.74) is 8.80. The summed E-state index contributed by atoms with van der Waals surface area (Å²) in [6.07, 6.45) is 3.68. The smallest absolute Gasteiger partial charge is 0.303 e. The standard InChI is InChI=1S/C16H23NO3/c1-2-20-15-8-5-7-11-12(14(17)10-13(11)15)6-3-4-9-16(18)19/h5,7-8,12,14H,2-4,6,9-10,17H2,1H3,(H,18,19). The van der Waals surface area contributed by atoms with E-state index in [2.05, 4.69) is 6.07 Å². The van der Waals surface area contributed by atoms with E-state index in [1.54, 1.807) is 0 Å². The van der Waals surface area contributed by atoms with E-state index in [9.17, 15) is 4.79 Å². The molecule has 1 aliphatic rings. The van der Waals surface area contributed by atoms with Crippen LogP contribution in [0.25, 0.3) is 0 Å². The van der Waals surface area contributed by atoms with Crippen molar-refractivity contribution in [1.82, 2.24) is 0 Å². The van der Waals surface area contributed by atoms with E-state index >= 15 is 0 Å². The predicted octanol–water partition coefficient (Wildman–Crippen LogP) is 2.70. The Kier molecular flexibility index (Phi) is 5.01. The molecule has 0 aromatic heterocycles. The van der Waals surface area contributed by atoms with Crippen molar-refractivity contribution in [2.45, 2.75) is 51.0 Å². The molecule has 1 aromatic carbocycles. The summed E-state index contributed by atoms with van der Waals surface area (Å²) in [6, 6.07) is 6.28. The Labute approximate surface area is 119 Å². The third-order valence-electron chi connectivity index (χ3n) is 3.98. The van der Waals surface area contributed by atoms with Gasteiger partial charge in [0.1, 0.15) is 5.75 Å². The van der Waals surface area contributed by atoms with Crippen LogP contribution in [0.4, 0.5) is 0 Å². The van der Waals surface area contributed by atoms with Gasteiger partial charge in [-0.15, -0.1) is 0 Å². The molecule has 4 nitrogen and oxygen atoms in total. The molecule has 3 N–H and O–H groups in total. The van der Waals surface area contributed by atoms with Crippen molar-refractivity contribution in [2.24, 2.45) is 5.73 Å². The third kappa shape index (κ3) is 3.31. The maximum atomic E-state index is 10.5. The lowest BCUT2D eigenvalue weighted by Gasteiger charge is -2.16. The first-order chi connectivity index (χ1) is 9.63. The van der Waals surface area contributed by atoms with Crippen molar-refractivity contribution in [2.75, 3.05) is 6.61 Å². The Morgan fingerprint density at radius 2 is 2.25 bits per heavy atom. The van der Waals surface area contributed by atoms with E-state index in [-0.39, 0.29) is 12.5 Å². The van der Waals surface area contributed by atoms with E-state index in [1.807, 2.05) is 19.1 Å². The minimum absolute atomic E-state index is 0.122. The van der Waals surface area contributed by atoms with Crippen LogP contribution in [0.3, 0.4) is 0 Å². The van der Waals surface area contributed by atoms with Crippen molar-refractivity contribution < 1.29 is 14.6 Å². The van der Waals surface area contributed by atoms with Crippen molar-refractivity contribution in [3.05, 3.63) is 29.3 Å². The molecule has 0 spiro atoms. The van der Waals surface area contributed by atoms with Gasteiger partial charge >= 0.3 is 5.97 Å². The number of carboxylic acid groups (broad SMARTS) is 1. The van der Waals surface area contributed by atoms with Crippen LogP contribution in [0.15, 0.2) is 18.2 Å². The first-order valence-corrected chi connectivity index (χ1v) is 7.35. The second kappa shape index (κ2) is 6.75. The maximum Gasteiger partial charge on any atom is 0.303 e. The minimum atomic E-state index is -0.722. The van der Waals surface area contributed by atoms with E-state index in [1.165, 1.54) is 11.1 Å². The van der Waals surface area contributed by atoms with Crippen LogP contribution < -0.4 is 10.5 Å². The van der Waals surface area contributed by atoms with E-state index in [0.717, 1.165) is 31.4 Å². The van der Waals surface area contributed by atoms with Crippen LogP contribution >= 0.6 is 0 Å². The van der Waals surface area contributed by atoms with Crippen molar-refractivity contribution in [1.29, 1.82) is 0 Å². The van der Waals surface area contributed by atoms with Crippen LogP contribution in [-0.2, 0) is 11.2 Å². The highest BCUT2D eigenvalue weighted by molar-refractivity contribution is 5.66. The van der Waals surface area contributed by atoms with Gasteiger partial charge in [0.05, 0.1) is 6.61 Å². The van der Waals surface area contributed by atoms with Gasteiger partial charge in [-0.3, -0.25) is 4.79 Å². The largest absolute Gasteiger partial charge is 0.494 e. The summed E-state index contributed by atoms with van der Waals surface area (Å²) < 4.78 is 5.67. The van der Waals surface area contributed by atoms with Gasteiger partial charge in [0, 0.05) is 12.5 Å². The first-order valence-electron chi connectivity index (χ1n) is 7.35. The molecule has 0 fully saturated rings. The highest BCUT2D eigenvalue weighted by Crippen LogP contribution is 2.40. The lowest BCUT2D eigenvalue weighted by molar-refractivity contribution is -0.137. The zero-order chi connectivity index (χ0) is 14.5. The lowest BCUT2D eigenvalue weighted by atomic mass is 9.92. The molecule has 0 amide bonds. The Bertz CT molecular complexity index is 473. The molecular formula is C16H23NO3. The molecule has 1 aliphatic carbocycles. The minimum Gasteiger partial charge on any atom is -0.494 e. The fraction of sp³-hybridized carbons (Fsp3) is 0.562. The Morgan fingerprint density at radius 3 is 2.95 bits per heavy atom. The number of nitrogens with two attached hydrogens (primary N) is 1. The number of fused-ring (bicyclic) bond motifs is 1. The van der Waals surface area contributed by atoms with E-state index < -0.39 is 5.97 Å². The van der Waals surface area contributed by atoms with Gasteiger partial charge in [0.25, 0.3) is 0 Å². The number of carboxylic acids is 1. The number of rotatable bonds is 7.